The number of aromatic hydroxyl groups is 1. The number of aryl methyl sites for hydroxylation is 1. The molecule has 0 aliphatic heterocycles. The third-order valence-corrected chi connectivity index (χ3v) is 9.44. The third-order valence-electron chi connectivity index (χ3n) is 6.39. The maximum absolute atomic E-state index is 13.1. The second-order valence-electron chi connectivity index (χ2n) is 9.30. The molecule has 1 aliphatic carbocycles. The number of amides is 2. The van der Waals surface area contributed by atoms with E-state index in [2.05, 4.69) is 10.6 Å². The maximum Gasteiger partial charge on any atom is 0.328 e. The SMILES string of the molecule is CP(=O)(CCc1cc(Cl)c(C(=O)N[C@@H](CNC(=O)C2CC[C@H](O)C2)C(=O)O)c(Cl)c1)c1cccc(O)c1. The van der Waals surface area contributed by atoms with E-state index in [9.17, 15) is 34.3 Å². The molecule has 1 fully saturated rings. The molecule has 0 bridgehead atoms. The Morgan fingerprint density at radius 2 is 1.81 bits per heavy atom. The Labute approximate surface area is 224 Å². The van der Waals surface area contributed by atoms with Crippen LogP contribution >= 0.6 is 30.3 Å². The Morgan fingerprint density at radius 3 is 2.38 bits per heavy atom. The molecule has 2 unspecified atom stereocenters. The van der Waals surface area contributed by atoms with Crippen LogP contribution in [0.2, 0.25) is 10.0 Å². The summed E-state index contributed by atoms with van der Waals surface area (Å²) >= 11 is 12.6. The summed E-state index contributed by atoms with van der Waals surface area (Å²) in [7, 11) is -2.80. The lowest BCUT2D eigenvalue weighted by Gasteiger charge is -2.18. The average Bonchev–Trinajstić information content (AvgIpc) is 3.26. The predicted molar refractivity (Wildman–Crippen MR) is 142 cm³/mol. The van der Waals surface area contributed by atoms with Crippen LogP contribution in [0.4, 0.5) is 0 Å². The zero-order valence-corrected chi connectivity index (χ0v) is 22.5. The van der Waals surface area contributed by atoms with Crippen LogP contribution in [0.25, 0.3) is 0 Å². The van der Waals surface area contributed by atoms with Gasteiger partial charge in [0, 0.05) is 23.9 Å². The standard InChI is InChI=1S/C25H29Cl2N2O7P/c1-37(36,18-4-2-3-16(30)12-18)8-7-14-9-19(26)22(20(27)10-14)24(33)29-21(25(34)35)13-28-23(32)15-5-6-17(31)11-15/h2-4,9-10,12,15,17,21,30-31H,5-8,11,13H2,1H3,(H,28,32)(H,29,33)(H,34,35)/t15?,17-,21-,37?/m0/s1. The number of halogens is 2. The molecule has 0 radical (unpaired) electrons. The number of carbonyl (C=O) groups excluding carboxylic acids is 2. The number of phenolic OH excluding ortho intramolecular Hbond substituents is 1. The number of carbonyl (C=O) groups is 3. The second-order valence-corrected chi connectivity index (χ2v) is 13.3. The van der Waals surface area contributed by atoms with E-state index in [4.69, 9.17) is 23.2 Å². The zero-order valence-electron chi connectivity index (χ0n) is 20.1. The van der Waals surface area contributed by atoms with E-state index in [-0.39, 0.29) is 40.0 Å². The minimum Gasteiger partial charge on any atom is -0.508 e. The second kappa shape index (κ2) is 12.3. The van der Waals surface area contributed by atoms with E-state index >= 15 is 0 Å². The Hall–Kier alpha value is -2.58. The van der Waals surface area contributed by atoms with Crippen molar-refractivity contribution in [1.82, 2.24) is 10.6 Å². The predicted octanol–water partition coefficient (Wildman–Crippen LogP) is 3.02. The number of nitrogens with one attached hydrogen (secondary N) is 2. The first-order valence-corrected chi connectivity index (χ1v) is 14.8. The molecule has 37 heavy (non-hydrogen) atoms. The van der Waals surface area contributed by atoms with E-state index in [0.717, 1.165) is 0 Å². The molecule has 0 spiro atoms. The van der Waals surface area contributed by atoms with Gasteiger partial charge in [-0.15, -0.1) is 0 Å². The summed E-state index contributed by atoms with van der Waals surface area (Å²) in [6.07, 6.45) is 1.40. The molecule has 12 heteroatoms. The maximum atomic E-state index is 13.1. The summed E-state index contributed by atoms with van der Waals surface area (Å²) in [5.41, 5.74) is 0.519. The first-order chi connectivity index (χ1) is 17.4. The smallest absolute Gasteiger partial charge is 0.328 e. The van der Waals surface area contributed by atoms with Crippen molar-refractivity contribution in [1.29, 1.82) is 0 Å². The molecule has 2 aromatic carbocycles. The summed E-state index contributed by atoms with van der Waals surface area (Å²) in [5, 5.41) is 34.2. The van der Waals surface area contributed by atoms with Gasteiger partial charge in [-0.2, -0.15) is 0 Å². The zero-order chi connectivity index (χ0) is 27.3. The van der Waals surface area contributed by atoms with Gasteiger partial charge in [0.15, 0.2) is 0 Å². The molecular weight excluding hydrogens is 542 g/mol. The minimum atomic E-state index is -2.80. The van der Waals surface area contributed by atoms with Crippen LogP contribution in [-0.4, -0.2) is 64.6 Å². The van der Waals surface area contributed by atoms with Crippen molar-refractivity contribution in [2.45, 2.75) is 37.8 Å². The molecule has 0 heterocycles. The van der Waals surface area contributed by atoms with Gasteiger partial charge in [-0.1, -0.05) is 35.3 Å². The Balaban J connectivity index is 1.64. The van der Waals surface area contributed by atoms with Gasteiger partial charge < -0.3 is 30.5 Å². The normalized spacial score (nSPS) is 19.6. The van der Waals surface area contributed by atoms with Gasteiger partial charge in [-0.05, 0) is 62.2 Å². The number of rotatable bonds is 10. The number of aliphatic carboxylic acids is 1. The topological polar surface area (TPSA) is 153 Å². The van der Waals surface area contributed by atoms with Gasteiger partial charge in [0.25, 0.3) is 5.91 Å². The highest BCUT2D eigenvalue weighted by atomic mass is 35.5. The number of aliphatic hydroxyl groups is 1. The van der Waals surface area contributed by atoms with E-state index in [1.54, 1.807) is 18.8 Å². The summed E-state index contributed by atoms with van der Waals surface area (Å²) in [5.74, 6) is -2.92. The summed E-state index contributed by atoms with van der Waals surface area (Å²) in [6.45, 7) is 1.27. The van der Waals surface area contributed by atoms with Crippen molar-refractivity contribution >= 4 is 53.4 Å². The van der Waals surface area contributed by atoms with Crippen LogP contribution in [0.3, 0.4) is 0 Å². The first-order valence-electron chi connectivity index (χ1n) is 11.7. The molecule has 1 aliphatic rings. The number of carboxylic acids is 1. The monoisotopic (exact) mass is 570 g/mol. The van der Waals surface area contributed by atoms with Crippen molar-refractivity contribution in [2.24, 2.45) is 5.92 Å². The molecule has 0 saturated heterocycles. The molecular formula is C25H29Cl2N2O7P. The van der Waals surface area contributed by atoms with Gasteiger partial charge >= 0.3 is 5.97 Å². The summed E-state index contributed by atoms with van der Waals surface area (Å²) in [4.78, 5) is 36.8. The van der Waals surface area contributed by atoms with Crippen LogP contribution in [0, 0.1) is 5.92 Å². The number of aliphatic hydroxyl groups excluding tert-OH is 1. The van der Waals surface area contributed by atoms with E-state index in [0.29, 0.717) is 36.6 Å². The highest BCUT2D eigenvalue weighted by molar-refractivity contribution is 7.70. The highest BCUT2D eigenvalue weighted by Crippen LogP contribution is 2.41. The number of hydrogen-bond acceptors (Lipinski definition) is 6. The van der Waals surface area contributed by atoms with Crippen LogP contribution in [0.1, 0.15) is 35.2 Å². The van der Waals surface area contributed by atoms with E-state index in [1.807, 2.05) is 0 Å². The lowest BCUT2D eigenvalue weighted by Crippen LogP contribution is -2.49. The number of carboxylic acid groups (broad SMARTS) is 1. The molecule has 2 aromatic rings. The van der Waals surface area contributed by atoms with Crippen molar-refractivity contribution in [3.8, 4) is 5.75 Å². The largest absolute Gasteiger partial charge is 0.508 e. The van der Waals surface area contributed by atoms with Crippen LogP contribution in [-0.2, 0) is 20.6 Å². The number of phenols is 1. The lowest BCUT2D eigenvalue weighted by atomic mass is 10.1. The van der Waals surface area contributed by atoms with E-state index < -0.39 is 37.1 Å². The Morgan fingerprint density at radius 1 is 1.14 bits per heavy atom. The van der Waals surface area contributed by atoms with Crippen molar-refractivity contribution in [2.75, 3.05) is 19.4 Å². The highest BCUT2D eigenvalue weighted by Gasteiger charge is 2.30. The average molecular weight is 571 g/mol. The van der Waals surface area contributed by atoms with Crippen LogP contribution in [0.15, 0.2) is 36.4 Å². The van der Waals surface area contributed by atoms with Gasteiger partial charge in [0.1, 0.15) is 18.9 Å². The molecule has 3 rings (SSSR count). The molecule has 5 N–H and O–H groups in total. The Kier molecular flexibility index (Phi) is 9.64. The molecule has 4 atom stereocenters. The minimum absolute atomic E-state index is 0.00333. The Bertz CT molecular complexity index is 1220. The van der Waals surface area contributed by atoms with E-state index in [1.165, 1.54) is 24.3 Å². The quantitative estimate of drug-likeness (QED) is 0.275. The summed E-state index contributed by atoms with van der Waals surface area (Å²) < 4.78 is 13.1. The number of hydrogen-bond donors (Lipinski definition) is 5. The fourth-order valence-corrected chi connectivity index (χ4v) is 6.67. The molecule has 200 valence electrons. The van der Waals surface area contributed by atoms with Crippen molar-refractivity contribution in [3.63, 3.8) is 0 Å². The van der Waals surface area contributed by atoms with Gasteiger partial charge in [-0.3, -0.25) is 9.59 Å². The fraction of sp³-hybridized carbons (Fsp3) is 0.400. The molecule has 2 amide bonds. The third kappa shape index (κ3) is 7.71. The van der Waals surface area contributed by atoms with Crippen molar-refractivity contribution in [3.05, 3.63) is 57.6 Å². The van der Waals surface area contributed by atoms with Crippen LogP contribution < -0.4 is 15.9 Å². The van der Waals surface area contributed by atoms with Crippen molar-refractivity contribution < 1.29 is 34.3 Å². The number of benzene rings is 2. The molecule has 1 saturated carbocycles. The fourth-order valence-electron chi connectivity index (χ4n) is 4.22. The van der Waals surface area contributed by atoms with Gasteiger partial charge in [0.05, 0.1) is 21.7 Å². The molecule has 9 nitrogen and oxygen atoms in total. The van der Waals surface area contributed by atoms with Gasteiger partial charge in [-0.25, -0.2) is 4.79 Å². The lowest BCUT2D eigenvalue weighted by molar-refractivity contribution is -0.139. The summed E-state index contributed by atoms with van der Waals surface area (Å²) in [6, 6.07) is 7.86. The molecule has 0 aromatic heterocycles. The van der Waals surface area contributed by atoms with Crippen LogP contribution in [0.5, 0.6) is 5.75 Å². The first kappa shape index (κ1) is 29.0. The van der Waals surface area contributed by atoms with Gasteiger partial charge in [0.2, 0.25) is 5.91 Å².